The Morgan fingerprint density at radius 2 is 1.24 bits per heavy atom. The zero-order valence-corrected chi connectivity index (χ0v) is 20.4. The highest BCUT2D eigenvalue weighted by Crippen LogP contribution is 2.32. The lowest BCUT2D eigenvalue weighted by Crippen LogP contribution is -2.48. The third-order valence-corrected chi connectivity index (χ3v) is 7.21. The number of nitrogens with one attached hydrogen (secondary N) is 1. The van der Waals surface area contributed by atoms with Gasteiger partial charge in [-0.3, -0.25) is 9.80 Å². The zero-order chi connectivity index (χ0) is 23.5. The SMILES string of the molecule is Cc1ccccc1-c1nc(C(C)N2CCN(C(c3ccccc3)c3ccccc3)CC2)c(C)[nH]1. The van der Waals surface area contributed by atoms with E-state index in [2.05, 4.69) is 120 Å². The van der Waals surface area contributed by atoms with Gasteiger partial charge in [0.2, 0.25) is 0 Å². The molecular formula is C30H34N4. The Morgan fingerprint density at radius 3 is 1.82 bits per heavy atom. The summed E-state index contributed by atoms with van der Waals surface area (Å²) in [6, 6.07) is 30.8. The van der Waals surface area contributed by atoms with Gasteiger partial charge in [-0.05, 0) is 37.5 Å². The number of hydrogen-bond donors (Lipinski definition) is 1. The summed E-state index contributed by atoms with van der Waals surface area (Å²) in [7, 11) is 0. The van der Waals surface area contributed by atoms with Crippen LogP contribution in [-0.4, -0.2) is 45.9 Å². The summed E-state index contributed by atoms with van der Waals surface area (Å²) in [5.41, 5.74) is 7.48. The lowest BCUT2D eigenvalue weighted by Gasteiger charge is -2.41. The lowest BCUT2D eigenvalue weighted by atomic mass is 9.96. The van der Waals surface area contributed by atoms with Gasteiger partial charge in [-0.15, -0.1) is 0 Å². The second-order valence-corrected chi connectivity index (χ2v) is 9.38. The summed E-state index contributed by atoms with van der Waals surface area (Å²) in [4.78, 5) is 13.8. The number of imidazole rings is 1. The number of rotatable bonds is 6. The van der Waals surface area contributed by atoms with Crippen LogP contribution in [0.2, 0.25) is 0 Å². The largest absolute Gasteiger partial charge is 0.342 e. The maximum Gasteiger partial charge on any atom is 0.138 e. The summed E-state index contributed by atoms with van der Waals surface area (Å²) in [6.07, 6.45) is 0. The van der Waals surface area contributed by atoms with Gasteiger partial charge in [0.15, 0.2) is 0 Å². The summed E-state index contributed by atoms with van der Waals surface area (Å²) < 4.78 is 0. The molecule has 0 amide bonds. The molecule has 1 atom stereocenters. The van der Waals surface area contributed by atoms with Crippen LogP contribution in [0.1, 0.15) is 47.1 Å². The minimum atomic E-state index is 0.281. The molecule has 5 rings (SSSR count). The zero-order valence-electron chi connectivity index (χ0n) is 20.4. The first kappa shape index (κ1) is 22.6. The Kier molecular flexibility index (Phi) is 6.61. The topological polar surface area (TPSA) is 35.2 Å². The normalized spacial score (nSPS) is 16.1. The number of aromatic amines is 1. The van der Waals surface area contributed by atoms with Crippen LogP contribution in [0.5, 0.6) is 0 Å². The molecule has 1 aromatic heterocycles. The first-order valence-electron chi connectivity index (χ1n) is 12.3. The molecule has 3 aromatic carbocycles. The van der Waals surface area contributed by atoms with Gasteiger partial charge < -0.3 is 4.98 Å². The number of hydrogen-bond acceptors (Lipinski definition) is 3. The fourth-order valence-electron chi connectivity index (χ4n) is 5.29. The summed E-state index contributed by atoms with van der Waals surface area (Å²) in [6.45, 7) is 10.7. The highest BCUT2D eigenvalue weighted by molar-refractivity contribution is 5.60. The highest BCUT2D eigenvalue weighted by Gasteiger charge is 2.29. The Labute approximate surface area is 203 Å². The Bertz CT molecular complexity index is 1170. The number of aromatic nitrogens is 2. The van der Waals surface area contributed by atoms with Gasteiger partial charge in [-0.25, -0.2) is 4.98 Å². The monoisotopic (exact) mass is 450 g/mol. The van der Waals surface area contributed by atoms with Gasteiger partial charge in [0, 0.05) is 37.4 Å². The van der Waals surface area contributed by atoms with Gasteiger partial charge >= 0.3 is 0 Å². The second-order valence-electron chi connectivity index (χ2n) is 9.38. The molecule has 0 aliphatic carbocycles. The van der Waals surface area contributed by atoms with Crippen LogP contribution < -0.4 is 0 Å². The summed E-state index contributed by atoms with van der Waals surface area (Å²) in [5.74, 6) is 0.976. The maximum absolute atomic E-state index is 5.05. The molecular weight excluding hydrogens is 416 g/mol. The average Bonchev–Trinajstić information content (AvgIpc) is 3.27. The molecule has 34 heavy (non-hydrogen) atoms. The molecule has 174 valence electrons. The molecule has 4 nitrogen and oxygen atoms in total. The van der Waals surface area contributed by atoms with Crippen molar-refractivity contribution in [2.75, 3.05) is 26.2 Å². The number of benzene rings is 3. The van der Waals surface area contributed by atoms with E-state index in [1.165, 1.54) is 27.9 Å². The summed E-state index contributed by atoms with van der Waals surface area (Å²) in [5, 5.41) is 0. The lowest BCUT2D eigenvalue weighted by molar-refractivity contribution is 0.0826. The van der Waals surface area contributed by atoms with Crippen LogP contribution in [-0.2, 0) is 0 Å². The van der Waals surface area contributed by atoms with Crippen LogP contribution in [0, 0.1) is 13.8 Å². The van der Waals surface area contributed by atoms with Crippen molar-refractivity contribution < 1.29 is 0 Å². The fraction of sp³-hybridized carbons (Fsp3) is 0.300. The van der Waals surface area contributed by atoms with Crippen molar-refractivity contribution in [3.8, 4) is 11.4 Å². The minimum Gasteiger partial charge on any atom is -0.342 e. The molecule has 0 saturated carbocycles. The van der Waals surface area contributed by atoms with Crippen molar-refractivity contribution in [3.63, 3.8) is 0 Å². The van der Waals surface area contributed by atoms with Gasteiger partial charge in [0.25, 0.3) is 0 Å². The molecule has 4 aromatic rings. The van der Waals surface area contributed by atoms with E-state index >= 15 is 0 Å². The molecule has 1 saturated heterocycles. The molecule has 0 spiro atoms. The predicted molar refractivity (Wildman–Crippen MR) is 140 cm³/mol. The average molecular weight is 451 g/mol. The van der Waals surface area contributed by atoms with Gasteiger partial charge in [0.05, 0.1) is 17.8 Å². The van der Waals surface area contributed by atoms with E-state index in [0.29, 0.717) is 6.04 Å². The van der Waals surface area contributed by atoms with E-state index in [4.69, 9.17) is 4.98 Å². The molecule has 4 heteroatoms. The van der Waals surface area contributed by atoms with Crippen molar-refractivity contribution in [1.29, 1.82) is 0 Å². The molecule has 1 unspecified atom stereocenters. The van der Waals surface area contributed by atoms with Crippen LogP contribution in [0.4, 0.5) is 0 Å². The summed E-state index contributed by atoms with van der Waals surface area (Å²) >= 11 is 0. The van der Waals surface area contributed by atoms with Crippen molar-refractivity contribution in [2.45, 2.75) is 32.9 Å². The Morgan fingerprint density at radius 1 is 0.706 bits per heavy atom. The standard InChI is InChI=1S/C30H34N4/c1-22-12-10-11-17-27(22)30-31-23(2)28(32-30)24(3)33-18-20-34(21-19-33)29(25-13-6-4-7-14-25)26-15-8-5-9-16-26/h4-17,24,29H,18-21H2,1-3H3,(H,31,32). The van der Waals surface area contributed by atoms with E-state index in [0.717, 1.165) is 37.7 Å². The van der Waals surface area contributed by atoms with Crippen LogP contribution in [0.3, 0.4) is 0 Å². The second kappa shape index (κ2) is 9.96. The van der Waals surface area contributed by atoms with Crippen molar-refractivity contribution in [2.24, 2.45) is 0 Å². The first-order valence-corrected chi connectivity index (χ1v) is 12.3. The van der Waals surface area contributed by atoms with Crippen molar-refractivity contribution in [3.05, 3.63) is 113 Å². The van der Waals surface area contributed by atoms with Crippen LogP contribution >= 0.6 is 0 Å². The Hall–Kier alpha value is -3.21. The predicted octanol–water partition coefficient (Wildman–Crippen LogP) is 6.16. The molecule has 1 aliphatic rings. The third-order valence-electron chi connectivity index (χ3n) is 7.21. The smallest absolute Gasteiger partial charge is 0.138 e. The van der Waals surface area contributed by atoms with E-state index in [-0.39, 0.29) is 6.04 Å². The van der Waals surface area contributed by atoms with Crippen LogP contribution in [0.25, 0.3) is 11.4 Å². The third kappa shape index (κ3) is 4.56. The number of H-pyrrole nitrogens is 1. The molecule has 2 heterocycles. The van der Waals surface area contributed by atoms with Crippen molar-refractivity contribution in [1.82, 2.24) is 19.8 Å². The van der Waals surface area contributed by atoms with E-state index in [1.54, 1.807) is 0 Å². The van der Waals surface area contributed by atoms with Crippen molar-refractivity contribution >= 4 is 0 Å². The Balaban J connectivity index is 1.32. The molecule has 0 radical (unpaired) electrons. The van der Waals surface area contributed by atoms with Gasteiger partial charge in [-0.1, -0.05) is 84.9 Å². The van der Waals surface area contributed by atoms with E-state index < -0.39 is 0 Å². The fourth-order valence-corrected chi connectivity index (χ4v) is 5.29. The quantitative estimate of drug-likeness (QED) is 0.382. The number of nitrogens with zero attached hydrogens (tertiary/aromatic N) is 3. The number of aryl methyl sites for hydroxylation is 2. The molecule has 0 bridgehead atoms. The number of piperazine rings is 1. The molecule has 1 fully saturated rings. The first-order chi connectivity index (χ1) is 16.6. The maximum atomic E-state index is 5.05. The van der Waals surface area contributed by atoms with Crippen LogP contribution in [0.15, 0.2) is 84.9 Å². The van der Waals surface area contributed by atoms with Gasteiger partial charge in [0.1, 0.15) is 5.82 Å². The molecule has 1 aliphatic heterocycles. The van der Waals surface area contributed by atoms with E-state index in [1.807, 2.05) is 0 Å². The minimum absolute atomic E-state index is 0.281. The molecule has 1 N–H and O–H groups in total. The van der Waals surface area contributed by atoms with Gasteiger partial charge in [-0.2, -0.15) is 0 Å². The van der Waals surface area contributed by atoms with E-state index in [9.17, 15) is 0 Å². The highest BCUT2D eigenvalue weighted by atomic mass is 15.3.